The third-order valence-electron chi connectivity index (χ3n) is 2.42. The Morgan fingerprint density at radius 2 is 1.87 bits per heavy atom. The van der Waals surface area contributed by atoms with Crippen LogP contribution in [0, 0.1) is 5.82 Å². The average Bonchev–Trinajstić information content (AvgIpc) is 2.06. The molecule has 0 spiro atoms. The molecular weight excluding hydrogens is 257 g/mol. The Hall–Kier alpha value is -0.410. The topological polar surface area (TPSA) is 26.0 Å². The van der Waals surface area contributed by atoms with Gasteiger partial charge in [-0.25, -0.2) is 4.39 Å². The highest BCUT2D eigenvalue weighted by Crippen LogP contribution is 2.30. The number of hydrogen-bond acceptors (Lipinski definition) is 1. The van der Waals surface area contributed by atoms with Gasteiger partial charge in [-0.3, -0.25) is 0 Å². The highest BCUT2D eigenvalue weighted by Gasteiger charge is 2.19. The fraction of sp³-hybridized carbons (Fsp3) is 0.500. The standard InChI is InChI=1S/C12H17BrFN/c1-7(2)9-5-8(12(3,4)15)6-10(13)11(9)14/h5-7H,15H2,1-4H3. The molecule has 0 saturated carbocycles. The highest BCUT2D eigenvalue weighted by atomic mass is 79.9. The number of rotatable bonds is 2. The Morgan fingerprint density at radius 3 is 2.27 bits per heavy atom. The normalized spacial score (nSPS) is 12.3. The van der Waals surface area contributed by atoms with Crippen LogP contribution in [0.2, 0.25) is 0 Å². The molecule has 0 atom stereocenters. The third-order valence-corrected chi connectivity index (χ3v) is 3.00. The smallest absolute Gasteiger partial charge is 0.140 e. The molecule has 1 aromatic carbocycles. The van der Waals surface area contributed by atoms with E-state index in [4.69, 9.17) is 5.73 Å². The van der Waals surface area contributed by atoms with Crippen molar-refractivity contribution in [2.75, 3.05) is 0 Å². The molecule has 2 N–H and O–H groups in total. The van der Waals surface area contributed by atoms with E-state index in [0.29, 0.717) is 10.0 Å². The molecular formula is C12H17BrFN. The summed E-state index contributed by atoms with van der Waals surface area (Å²) in [7, 11) is 0. The van der Waals surface area contributed by atoms with Crippen LogP contribution >= 0.6 is 15.9 Å². The van der Waals surface area contributed by atoms with Crippen molar-refractivity contribution in [3.8, 4) is 0 Å². The van der Waals surface area contributed by atoms with Gasteiger partial charge in [0.25, 0.3) is 0 Å². The van der Waals surface area contributed by atoms with Gasteiger partial charge in [-0.2, -0.15) is 0 Å². The zero-order valence-electron chi connectivity index (χ0n) is 9.57. The van der Waals surface area contributed by atoms with Crippen molar-refractivity contribution < 1.29 is 4.39 Å². The fourth-order valence-electron chi connectivity index (χ4n) is 1.40. The summed E-state index contributed by atoms with van der Waals surface area (Å²) in [5.41, 5.74) is 7.21. The second-order valence-corrected chi connectivity index (χ2v) is 5.59. The Kier molecular flexibility index (Phi) is 3.56. The van der Waals surface area contributed by atoms with Crippen molar-refractivity contribution in [1.82, 2.24) is 0 Å². The lowest BCUT2D eigenvalue weighted by molar-refractivity contribution is 0.543. The minimum Gasteiger partial charge on any atom is -0.322 e. The minimum atomic E-state index is -0.445. The van der Waals surface area contributed by atoms with E-state index in [1.54, 1.807) is 6.07 Å². The maximum atomic E-state index is 13.7. The Balaban J connectivity index is 3.36. The van der Waals surface area contributed by atoms with Gasteiger partial charge >= 0.3 is 0 Å². The van der Waals surface area contributed by atoms with E-state index >= 15 is 0 Å². The summed E-state index contributed by atoms with van der Waals surface area (Å²) >= 11 is 3.23. The van der Waals surface area contributed by atoms with E-state index in [1.807, 2.05) is 33.8 Å². The summed E-state index contributed by atoms with van der Waals surface area (Å²) in [6.45, 7) is 7.77. The van der Waals surface area contributed by atoms with Crippen LogP contribution in [0.5, 0.6) is 0 Å². The molecule has 1 aromatic rings. The summed E-state index contributed by atoms with van der Waals surface area (Å²) in [5, 5.41) is 0. The molecule has 0 fully saturated rings. The zero-order valence-corrected chi connectivity index (χ0v) is 11.2. The van der Waals surface area contributed by atoms with E-state index in [2.05, 4.69) is 15.9 Å². The molecule has 0 aromatic heterocycles. The summed E-state index contributed by atoms with van der Waals surface area (Å²) in [5.74, 6) is -0.0263. The lowest BCUT2D eigenvalue weighted by atomic mass is 9.91. The van der Waals surface area contributed by atoms with E-state index in [0.717, 1.165) is 5.56 Å². The van der Waals surface area contributed by atoms with Crippen molar-refractivity contribution in [1.29, 1.82) is 0 Å². The second kappa shape index (κ2) is 4.22. The van der Waals surface area contributed by atoms with Crippen molar-refractivity contribution >= 4 is 15.9 Å². The molecule has 0 radical (unpaired) electrons. The molecule has 0 saturated heterocycles. The lowest BCUT2D eigenvalue weighted by Gasteiger charge is -2.22. The summed E-state index contributed by atoms with van der Waals surface area (Å²) < 4.78 is 14.2. The monoisotopic (exact) mass is 273 g/mol. The van der Waals surface area contributed by atoms with Crippen molar-refractivity contribution in [2.45, 2.75) is 39.2 Å². The molecule has 84 valence electrons. The first-order valence-electron chi connectivity index (χ1n) is 5.01. The first kappa shape index (κ1) is 12.7. The van der Waals surface area contributed by atoms with Crippen LogP contribution in [0.25, 0.3) is 0 Å². The number of halogens is 2. The molecule has 15 heavy (non-hydrogen) atoms. The maximum Gasteiger partial charge on any atom is 0.140 e. The van der Waals surface area contributed by atoms with Crippen molar-refractivity contribution in [3.05, 3.63) is 33.5 Å². The molecule has 0 unspecified atom stereocenters. The van der Waals surface area contributed by atoms with Gasteiger partial charge in [0, 0.05) is 5.54 Å². The van der Waals surface area contributed by atoms with Crippen molar-refractivity contribution in [2.24, 2.45) is 5.73 Å². The molecule has 1 nitrogen and oxygen atoms in total. The molecule has 0 bridgehead atoms. The molecule has 1 rings (SSSR count). The van der Waals surface area contributed by atoms with Gasteiger partial charge in [0.2, 0.25) is 0 Å². The minimum absolute atomic E-state index is 0.156. The lowest BCUT2D eigenvalue weighted by Crippen LogP contribution is -2.29. The zero-order chi connectivity index (χ0) is 11.8. The van der Waals surface area contributed by atoms with Gasteiger partial charge in [-0.05, 0) is 52.9 Å². The SMILES string of the molecule is CC(C)c1cc(C(C)(C)N)cc(Br)c1F. The van der Waals surface area contributed by atoms with Gasteiger partial charge < -0.3 is 5.73 Å². The van der Waals surface area contributed by atoms with Gasteiger partial charge in [-0.1, -0.05) is 19.9 Å². The first-order chi connectivity index (χ1) is 6.73. The van der Waals surface area contributed by atoms with Gasteiger partial charge in [-0.15, -0.1) is 0 Å². The van der Waals surface area contributed by atoms with Crippen molar-refractivity contribution in [3.63, 3.8) is 0 Å². The Morgan fingerprint density at radius 1 is 1.33 bits per heavy atom. The predicted octanol–water partition coefficient (Wildman–Crippen LogP) is 3.91. The van der Waals surface area contributed by atoms with Crippen LogP contribution in [0.15, 0.2) is 16.6 Å². The fourth-order valence-corrected chi connectivity index (χ4v) is 1.88. The number of benzene rings is 1. The highest BCUT2D eigenvalue weighted by molar-refractivity contribution is 9.10. The van der Waals surface area contributed by atoms with Crippen LogP contribution < -0.4 is 5.73 Å². The molecule has 0 aliphatic heterocycles. The maximum absolute atomic E-state index is 13.7. The third kappa shape index (κ3) is 2.79. The van der Waals surface area contributed by atoms with Crippen LogP contribution in [0.4, 0.5) is 4.39 Å². The van der Waals surface area contributed by atoms with E-state index < -0.39 is 5.54 Å². The number of nitrogens with two attached hydrogens (primary N) is 1. The first-order valence-corrected chi connectivity index (χ1v) is 5.81. The molecule has 3 heteroatoms. The van der Waals surface area contributed by atoms with Crippen LogP contribution in [-0.4, -0.2) is 0 Å². The van der Waals surface area contributed by atoms with E-state index in [1.165, 1.54) is 0 Å². The second-order valence-electron chi connectivity index (χ2n) is 4.74. The average molecular weight is 274 g/mol. The summed E-state index contributed by atoms with van der Waals surface area (Å²) in [4.78, 5) is 0. The quantitative estimate of drug-likeness (QED) is 0.869. The van der Waals surface area contributed by atoms with Crippen LogP contribution in [0.3, 0.4) is 0 Å². The number of hydrogen-bond donors (Lipinski definition) is 1. The summed E-state index contributed by atoms with van der Waals surface area (Å²) in [6.07, 6.45) is 0. The van der Waals surface area contributed by atoms with Gasteiger partial charge in [0.05, 0.1) is 4.47 Å². The van der Waals surface area contributed by atoms with E-state index in [9.17, 15) is 4.39 Å². The molecule has 0 heterocycles. The van der Waals surface area contributed by atoms with Gasteiger partial charge in [0.1, 0.15) is 5.82 Å². The summed E-state index contributed by atoms with van der Waals surface area (Å²) in [6, 6.07) is 3.60. The van der Waals surface area contributed by atoms with Gasteiger partial charge in [0.15, 0.2) is 0 Å². The Bertz CT molecular complexity index is 367. The molecule has 0 amide bonds. The molecule has 0 aliphatic rings. The van der Waals surface area contributed by atoms with Crippen LogP contribution in [0.1, 0.15) is 44.7 Å². The van der Waals surface area contributed by atoms with E-state index in [-0.39, 0.29) is 11.7 Å². The van der Waals surface area contributed by atoms with Crippen LogP contribution in [-0.2, 0) is 5.54 Å². The molecule has 0 aliphatic carbocycles. The Labute approximate surface area is 99.0 Å². The largest absolute Gasteiger partial charge is 0.322 e. The predicted molar refractivity (Wildman–Crippen MR) is 65.4 cm³/mol.